The molecule has 0 radical (unpaired) electrons. The van der Waals surface area contributed by atoms with E-state index in [-0.39, 0.29) is 12.5 Å². The molecule has 0 bridgehead atoms. The van der Waals surface area contributed by atoms with Crippen molar-refractivity contribution in [2.45, 2.75) is 57.0 Å². The highest BCUT2D eigenvalue weighted by Gasteiger charge is 2.40. The van der Waals surface area contributed by atoms with Gasteiger partial charge in [0.15, 0.2) is 5.79 Å². The molecule has 0 aromatic carbocycles. The highest BCUT2D eigenvalue weighted by molar-refractivity contribution is 5.66. The van der Waals surface area contributed by atoms with Crippen molar-refractivity contribution in [1.29, 1.82) is 0 Å². The predicted molar refractivity (Wildman–Crippen MR) is 66.4 cm³/mol. The van der Waals surface area contributed by atoms with Crippen LogP contribution in [0.2, 0.25) is 0 Å². The maximum Gasteiger partial charge on any atom is 0.303 e. The molecule has 104 valence electrons. The van der Waals surface area contributed by atoms with Crippen LogP contribution in [0.5, 0.6) is 0 Å². The van der Waals surface area contributed by atoms with E-state index in [1.54, 1.807) is 0 Å². The lowest BCUT2D eigenvalue weighted by Crippen LogP contribution is -2.37. The Morgan fingerprint density at radius 1 is 1.56 bits per heavy atom. The van der Waals surface area contributed by atoms with E-state index in [1.165, 1.54) is 12.8 Å². The monoisotopic (exact) mass is 257 g/mol. The van der Waals surface area contributed by atoms with E-state index in [4.69, 9.17) is 14.6 Å². The highest BCUT2D eigenvalue weighted by atomic mass is 16.7. The van der Waals surface area contributed by atoms with Crippen LogP contribution >= 0.6 is 0 Å². The lowest BCUT2D eigenvalue weighted by Gasteiger charge is -2.29. The van der Waals surface area contributed by atoms with Gasteiger partial charge in [-0.25, -0.2) is 0 Å². The first-order valence-electron chi connectivity index (χ1n) is 6.72. The number of carbonyl (C=O) groups is 1. The number of aliphatic carboxylic acids is 1. The Kier molecular flexibility index (Phi) is 4.25. The molecule has 2 fully saturated rings. The molecule has 0 saturated carbocycles. The average Bonchev–Trinajstić information content (AvgIpc) is 2.84. The molecule has 5 heteroatoms. The van der Waals surface area contributed by atoms with Crippen molar-refractivity contribution in [3.63, 3.8) is 0 Å². The average molecular weight is 257 g/mol. The standard InChI is InChI=1S/C13H23NO4/c1-13(8-10-4-3-7-14(10)2)17-9-11(18-13)5-6-12(15)16/h10-11H,3-9H2,1-2H3,(H,15,16). The number of carboxylic acids is 1. The van der Waals surface area contributed by atoms with Crippen LogP contribution < -0.4 is 0 Å². The Balaban J connectivity index is 1.80. The molecule has 0 aliphatic carbocycles. The predicted octanol–water partition coefficient (Wildman–Crippen LogP) is 1.47. The van der Waals surface area contributed by atoms with Gasteiger partial charge in [-0.15, -0.1) is 0 Å². The molecular formula is C13H23NO4. The van der Waals surface area contributed by atoms with Crippen LogP contribution in [0.25, 0.3) is 0 Å². The summed E-state index contributed by atoms with van der Waals surface area (Å²) in [5, 5.41) is 8.67. The summed E-state index contributed by atoms with van der Waals surface area (Å²) < 4.78 is 11.7. The van der Waals surface area contributed by atoms with Crippen molar-refractivity contribution in [2.75, 3.05) is 20.2 Å². The van der Waals surface area contributed by atoms with E-state index in [2.05, 4.69) is 11.9 Å². The van der Waals surface area contributed by atoms with Gasteiger partial charge < -0.3 is 19.5 Å². The molecule has 2 saturated heterocycles. The minimum absolute atomic E-state index is 0.0715. The van der Waals surface area contributed by atoms with Gasteiger partial charge in [0.1, 0.15) is 0 Å². The van der Waals surface area contributed by atoms with Gasteiger partial charge in [0.05, 0.1) is 12.7 Å². The van der Waals surface area contributed by atoms with E-state index in [0.717, 1.165) is 13.0 Å². The number of ether oxygens (including phenoxy) is 2. The summed E-state index contributed by atoms with van der Waals surface area (Å²) in [5.74, 6) is -1.31. The van der Waals surface area contributed by atoms with Gasteiger partial charge in [-0.3, -0.25) is 4.79 Å². The molecule has 5 nitrogen and oxygen atoms in total. The maximum absolute atomic E-state index is 10.5. The Labute approximate surface area is 108 Å². The van der Waals surface area contributed by atoms with Crippen molar-refractivity contribution in [3.8, 4) is 0 Å². The first-order chi connectivity index (χ1) is 8.48. The van der Waals surface area contributed by atoms with E-state index >= 15 is 0 Å². The van der Waals surface area contributed by atoms with Gasteiger partial charge in [-0.1, -0.05) is 0 Å². The molecule has 2 rings (SSSR count). The summed E-state index contributed by atoms with van der Waals surface area (Å²) in [6, 6.07) is 0.522. The van der Waals surface area contributed by atoms with E-state index in [1.807, 2.05) is 6.92 Å². The SMILES string of the molecule is CN1CCCC1CC1(C)OCC(CCC(=O)O)O1. The van der Waals surface area contributed by atoms with Crippen LogP contribution in [0.1, 0.15) is 39.0 Å². The summed E-state index contributed by atoms with van der Waals surface area (Å²) in [4.78, 5) is 12.9. The van der Waals surface area contributed by atoms with Crippen LogP contribution in [-0.2, 0) is 14.3 Å². The van der Waals surface area contributed by atoms with E-state index in [9.17, 15) is 4.79 Å². The minimum atomic E-state index is -0.775. The number of likely N-dealkylation sites (tertiary alicyclic amines) is 1. The number of rotatable bonds is 5. The van der Waals surface area contributed by atoms with Crippen LogP contribution in [0.4, 0.5) is 0 Å². The molecule has 1 N–H and O–H groups in total. The molecule has 0 aromatic rings. The molecule has 0 spiro atoms. The number of nitrogens with zero attached hydrogens (tertiary/aromatic N) is 1. The van der Waals surface area contributed by atoms with Crippen molar-refractivity contribution >= 4 is 5.97 Å². The lowest BCUT2D eigenvalue weighted by molar-refractivity contribution is -0.167. The molecule has 0 amide bonds. The Bertz CT molecular complexity index is 309. The normalized spacial score (nSPS) is 37.2. The summed E-state index contributed by atoms with van der Waals surface area (Å²) in [6.45, 7) is 3.63. The number of hydrogen-bond donors (Lipinski definition) is 1. The topological polar surface area (TPSA) is 59.0 Å². The molecule has 2 aliphatic rings. The van der Waals surface area contributed by atoms with Gasteiger partial charge in [-0.05, 0) is 39.8 Å². The molecule has 18 heavy (non-hydrogen) atoms. The first kappa shape index (κ1) is 13.8. The Morgan fingerprint density at radius 3 is 2.94 bits per heavy atom. The smallest absolute Gasteiger partial charge is 0.303 e. The van der Waals surface area contributed by atoms with Crippen molar-refractivity contribution in [1.82, 2.24) is 4.90 Å². The zero-order valence-electron chi connectivity index (χ0n) is 11.2. The highest BCUT2D eigenvalue weighted by Crippen LogP contribution is 2.33. The summed E-state index contributed by atoms with van der Waals surface area (Å²) in [6.07, 6.45) is 3.90. The third-order valence-electron chi connectivity index (χ3n) is 3.95. The van der Waals surface area contributed by atoms with Crippen LogP contribution in [0.15, 0.2) is 0 Å². The second-order valence-electron chi connectivity index (χ2n) is 5.60. The number of carboxylic acid groups (broad SMARTS) is 1. The summed E-state index contributed by atoms with van der Waals surface area (Å²) in [5.41, 5.74) is 0. The van der Waals surface area contributed by atoms with Crippen molar-refractivity contribution in [2.24, 2.45) is 0 Å². The third kappa shape index (κ3) is 3.43. The summed E-state index contributed by atoms with van der Waals surface area (Å²) in [7, 11) is 2.14. The lowest BCUT2D eigenvalue weighted by atomic mass is 10.1. The van der Waals surface area contributed by atoms with Crippen LogP contribution in [0, 0.1) is 0 Å². The van der Waals surface area contributed by atoms with Gasteiger partial charge in [0.2, 0.25) is 0 Å². The molecule has 3 atom stereocenters. The fourth-order valence-corrected chi connectivity index (χ4v) is 2.89. The minimum Gasteiger partial charge on any atom is -0.481 e. The van der Waals surface area contributed by atoms with Crippen molar-refractivity contribution < 1.29 is 19.4 Å². The fraction of sp³-hybridized carbons (Fsp3) is 0.923. The van der Waals surface area contributed by atoms with E-state index in [0.29, 0.717) is 19.1 Å². The first-order valence-corrected chi connectivity index (χ1v) is 6.72. The van der Waals surface area contributed by atoms with Gasteiger partial charge >= 0.3 is 5.97 Å². The molecule has 3 unspecified atom stereocenters. The second-order valence-corrected chi connectivity index (χ2v) is 5.60. The zero-order chi connectivity index (χ0) is 13.2. The fourth-order valence-electron chi connectivity index (χ4n) is 2.89. The second kappa shape index (κ2) is 5.55. The van der Waals surface area contributed by atoms with Gasteiger partial charge in [0.25, 0.3) is 0 Å². The van der Waals surface area contributed by atoms with Gasteiger partial charge in [-0.2, -0.15) is 0 Å². The van der Waals surface area contributed by atoms with Gasteiger partial charge in [0, 0.05) is 18.9 Å². The molecule has 2 heterocycles. The Hall–Kier alpha value is -0.650. The zero-order valence-corrected chi connectivity index (χ0v) is 11.2. The van der Waals surface area contributed by atoms with Crippen molar-refractivity contribution in [3.05, 3.63) is 0 Å². The molecule has 0 aromatic heterocycles. The molecular weight excluding hydrogens is 234 g/mol. The largest absolute Gasteiger partial charge is 0.481 e. The maximum atomic E-state index is 10.5. The quantitative estimate of drug-likeness (QED) is 0.808. The third-order valence-corrected chi connectivity index (χ3v) is 3.95. The Morgan fingerprint density at radius 2 is 2.33 bits per heavy atom. The van der Waals surface area contributed by atoms with Crippen LogP contribution in [-0.4, -0.2) is 54.1 Å². The summed E-state index contributed by atoms with van der Waals surface area (Å²) >= 11 is 0. The van der Waals surface area contributed by atoms with E-state index < -0.39 is 11.8 Å². The number of hydrogen-bond acceptors (Lipinski definition) is 4. The molecule has 2 aliphatic heterocycles. The van der Waals surface area contributed by atoms with Crippen LogP contribution in [0.3, 0.4) is 0 Å².